The fourth-order valence-electron chi connectivity index (χ4n) is 6.18. The van der Waals surface area contributed by atoms with Gasteiger partial charge in [-0.05, 0) is 57.6 Å². The SMILES string of the molecule is Cc1cc(C)c[n+](CCCCCCCCCc2cc[n+](CCCCCCCCCC[n+]3ccccc3C)c(C)c2)c1. The summed E-state index contributed by atoms with van der Waals surface area (Å²) in [5.41, 5.74) is 7.04. The van der Waals surface area contributed by atoms with Gasteiger partial charge in [0.1, 0.15) is 19.6 Å². The van der Waals surface area contributed by atoms with Gasteiger partial charge in [-0.15, -0.1) is 0 Å². The molecule has 0 aromatic carbocycles. The third-order valence-corrected chi connectivity index (χ3v) is 8.61. The van der Waals surface area contributed by atoms with Gasteiger partial charge >= 0.3 is 0 Å². The van der Waals surface area contributed by atoms with Crippen LogP contribution >= 0.6 is 0 Å². The minimum absolute atomic E-state index is 1.16. The van der Waals surface area contributed by atoms with Crippen LogP contribution in [0.15, 0.2) is 61.2 Å². The Kier molecular flexibility index (Phi) is 15.7. The fraction of sp³-hybridized carbons (Fsp3) is 0.605. The molecule has 3 heterocycles. The van der Waals surface area contributed by atoms with Crippen molar-refractivity contribution in [2.45, 2.75) is 150 Å². The zero-order chi connectivity index (χ0) is 29.1. The van der Waals surface area contributed by atoms with Gasteiger partial charge in [0.05, 0.1) is 0 Å². The summed E-state index contributed by atoms with van der Waals surface area (Å²) in [4.78, 5) is 0. The molecular weight excluding hydrogens is 498 g/mol. The Labute approximate surface area is 252 Å². The van der Waals surface area contributed by atoms with Crippen LogP contribution in [0, 0.1) is 27.7 Å². The summed E-state index contributed by atoms with van der Waals surface area (Å²) in [6, 6.07) is 13.5. The van der Waals surface area contributed by atoms with Crippen LogP contribution in [0.25, 0.3) is 0 Å². The second-order valence-corrected chi connectivity index (χ2v) is 12.6. The lowest BCUT2D eigenvalue weighted by atomic mass is 10.0. The Morgan fingerprint density at radius 1 is 0.463 bits per heavy atom. The number of hydrogen-bond donors (Lipinski definition) is 0. The van der Waals surface area contributed by atoms with Gasteiger partial charge in [-0.3, -0.25) is 0 Å². The lowest BCUT2D eigenvalue weighted by Crippen LogP contribution is -2.36. The smallest absolute Gasteiger partial charge is 0.178 e. The molecule has 0 saturated heterocycles. The molecule has 0 bridgehead atoms. The lowest BCUT2D eigenvalue weighted by Gasteiger charge is -2.05. The van der Waals surface area contributed by atoms with Crippen LogP contribution in [0.2, 0.25) is 0 Å². The molecule has 0 aliphatic rings. The van der Waals surface area contributed by atoms with Gasteiger partial charge < -0.3 is 0 Å². The van der Waals surface area contributed by atoms with Gasteiger partial charge in [0.25, 0.3) is 0 Å². The van der Waals surface area contributed by atoms with Crippen LogP contribution in [0.4, 0.5) is 0 Å². The standard InChI is InChI=1S/C38H60N3/c1-34-30-35(2)33-39(32-34)25-18-13-9-7-8-12-16-23-38-24-29-41(37(4)31-38)27-20-15-11-6-5-10-14-19-26-40-28-21-17-22-36(40)3/h17,21-22,24,28-33H,5-16,18-20,23,25-27H2,1-4H3/q+3. The van der Waals surface area contributed by atoms with Gasteiger partial charge in [-0.25, -0.2) is 13.7 Å². The van der Waals surface area contributed by atoms with Crippen molar-refractivity contribution in [2.75, 3.05) is 0 Å². The summed E-state index contributed by atoms with van der Waals surface area (Å²) in [7, 11) is 0. The number of aromatic nitrogens is 3. The molecule has 0 saturated carbocycles. The molecule has 0 atom stereocenters. The van der Waals surface area contributed by atoms with Crippen LogP contribution in [0.5, 0.6) is 0 Å². The third-order valence-electron chi connectivity index (χ3n) is 8.61. The number of nitrogens with zero attached hydrogens (tertiary/aromatic N) is 3. The van der Waals surface area contributed by atoms with Crippen LogP contribution in [-0.2, 0) is 26.1 Å². The molecule has 0 spiro atoms. The van der Waals surface area contributed by atoms with Gasteiger partial charge in [0.2, 0.25) is 0 Å². The molecule has 0 fully saturated rings. The van der Waals surface area contributed by atoms with E-state index in [1.165, 1.54) is 137 Å². The monoisotopic (exact) mass is 558 g/mol. The lowest BCUT2D eigenvalue weighted by molar-refractivity contribution is -0.703. The quantitative estimate of drug-likeness (QED) is 0.0916. The molecule has 3 aromatic heterocycles. The first-order chi connectivity index (χ1) is 20.0. The molecule has 41 heavy (non-hydrogen) atoms. The maximum Gasteiger partial charge on any atom is 0.178 e. The molecule has 3 rings (SSSR count). The van der Waals surface area contributed by atoms with Crippen molar-refractivity contribution in [1.29, 1.82) is 0 Å². The highest BCUT2D eigenvalue weighted by Crippen LogP contribution is 2.12. The summed E-state index contributed by atoms with van der Waals surface area (Å²) in [5.74, 6) is 0. The van der Waals surface area contributed by atoms with Crippen LogP contribution < -0.4 is 13.7 Å². The maximum absolute atomic E-state index is 2.46. The van der Waals surface area contributed by atoms with E-state index >= 15 is 0 Å². The summed E-state index contributed by atoms with van der Waals surface area (Å²) in [6.07, 6.45) is 30.7. The highest BCUT2D eigenvalue weighted by molar-refractivity contribution is 5.12. The van der Waals surface area contributed by atoms with Crippen molar-refractivity contribution < 1.29 is 13.7 Å². The van der Waals surface area contributed by atoms with E-state index in [0.29, 0.717) is 0 Å². The van der Waals surface area contributed by atoms with E-state index in [1.807, 2.05) is 0 Å². The van der Waals surface area contributed by atoms with Crippen LogP contribution in [0.1, 0.15) is 124 Å². The van der Waals surface area contributed by atoms with Gasteiger partial charge in [0.15, 0.2) is 36.2 Å². The van der Waals surface area contributed by atoms with E-state index in [1.54, 1.807) is 0 Å². The average molecular weight is 559 g/mol. The van der Waals surface area contributed by atoms with Crippen LogP contribution in [0.3, 0.4) is 0 Å². The number of hydrogen-bond acceptors (Lipinski definition) is 0. The Morgan fingerprint density at radius 3 is 1.54 bits per heavy atom. The molecule has 224 valence electrons. The van der Waals surface area contributed by atoms with E-state index in [-0.39, 0.29) is 0 Å². The second-order valence-electron chi connectivity index (χ2n) is 12.6. The molecule has 0 radical (unpaired) electrons. The molecule has 0 unspecified atom stereocenters. The molecular formula is C38H60N3+3. The summed E-state index contributed by atoms with van der Waals surface area (Å²) in [5, 5.41) is 0. The number of rotatable bonds is 21. The summed E-state index contributed by atoms with van der Waals surface area (Å²) < 4.78 is 7.21. The molecule has 0 aliphatic heterocycles. The van der Waals surface area contributed by atoms with E-state index in [4.69, 9.17) is 0 Å². The van der Waals surface area contributed by atoms with Gasteiger partial charge in [-0.1, -0.05) is 57.4 Å². The fourth-order valence-corrected chi connectivity index (χ4v) is 6.18. The first-order valence-electron chi connectivity index (χ1n) is 16.9. The van der Waals surface area contributed by atoms with Crippen molar-refractivity contribution in [3.8, 4) is 0 Å². The van der Waals surface area contributed by atoms with Crippen molar-refractivity contribution in [2.24, 2.45) is 0 Å². The van der Waals surface area contributed by atoms with Crippen molar-refractivity contribution in [3.63, 3.8) is 0 Å². The Morgan fingerprint density at radius 2 is 0.976 bits per heavy atom. The normalized spacial score (nSPS) is 11.3. The van der Waals surface area contributed by atoms with E-state index < -0.39 is 0 Å². The largest absolute Gasteiger partial charge is 0.205 e. The number of unbranched alkanes of at least 4 members (excludes halogenated alkanes) is 13. The zero-order valence-corrected chi connectivity index (χ0v) is 27.1. The Balaban J connectivity index is 1.14. The van der Waals surface area contributed by atoms with Gasteiger partial charge in [-0.2, -0.15) is 0 Å². The molecule has 3 nitrogen and oxygen atoms in total. The van der Waals surface area contributed by atoms with Gasteiger partial charge in [0, 0.05) is 68.5 Å². The topological polar surface area (TPSA) is 11.6 Å². The minimum Gasteiger partial charge on any atom is -0.205 e. The number of aryl methyl sites for hydroxylation is 8. The van der Waals surface area contributed by atoms with Crippen molar-refractivity contribution in [3.05, 3.63) is 89.3 Å². The summed E-state index contributed by atoms with van der Waals surface area (Å²) in [6.45, 7) is 12.4. The molecule has 0 aliphatic carbocycles. The van der Waals surface area contributed by atoms with E-state index in [0.717, 1.165) is 13.1 Å². The minimum atomic E-state index is 1.16. The highest BCUT2D eigenvalue weighted by Gasteiger charge is 2.08. The Hall–Kier alpha value is -2.55. The molecule has 3 heteroatoms. The Bertz CT molecular complexity index is 1120. The first-order valence-corrected chi connectivity index (χ1v) is 16.9. The second kappa shape index (κ2) is 19.5. The van der Waals surface area contributed by atoms with Crippen molar-refractivity contribution >= 4 is 0 Å². The molecule has 3 aromatic rings. The highest BCUT2D eigenvalue weighted by atomic mass is 15.0. The third kappa shape index (κ3) is 13.8. The van der Waals surface area contributed by atoms with E-state index in [9.17, 15) is 0 Å². The maximum atomic E-state index is 2.46. The average Bonchev–Trinajstić information content (AvgIpc) is 2.94. The number of pyridine rings is 3. The van der Waals surface area contributed by atoms with Crippen LogP contribution in [-0.4, -0.2) is 0 Å². The van der Waals surface area contributed by atoms with E-state index in [2.05, 4.69) is 103 Å². The summed E-state index contributed by atoms with van der Waals surface area (Å²) >= 11 is 0. The zero-order valence-electron chi connectivity index (χ0n) is 27.1. The van der Waals surface area contributed by atoms with Crippen molar-refractivity contribution in [1.82, 2.24) is 0 Å². The predicted molar refractivity (Wildman–Crippen MR) is 172 cm³/mol. The molecule has 0 N–H and O–H groups in total. The first kappa shape index (κ1) is 33.0. The molecule has 0 amide bonds. The predicted octanol–water partition coefficient (Wildman–Crippen LogP) is 8.58.